The Balaban J connectivity index is 1.88. The second-order valence-corrected chi connectivity index (χ2v) is 7.02. The van der Waals surface area contributed by atoms with E-state index in [2.05, 4.69) is 41.1 Å². The SMILES string of the molecule is C[n+]1cc(-c2ccccc2)cc(/C=C/c2ccccc2[N+](=O)[O-])c1-c1ccccc1. The number of benzene rings is 3. The van der Waals surface area contributed by atoms with Gasteiger partial charge in [0.1, 0.15) is 7.05 Å². The van der Waals surface area contributed by atoms with Gasteiger partial charge in [0.05, 0.1) is 10.5 Å². The normalized spacial score (nSPS) is 11.0. The fraction of sp³-hybridized carbons (Fsp3) is 0.0385. The number of aryl methyl sites for hydroxylation is 1. The molecule has 0 saturated carbocycles. The van der Waals surface area contributed by atoms with Gasteiger partial charge < -0.3 is 0 Å². The Hall–Kier alpha value is -4.05. The van der Waals surface area contributed by atoms with Crippen molar-refractivity contribution in [2.45, 2.75) is 0 Å². The summed E-state index contributed by atoms with van der Waals surface area (Å²) in [4.78, 5) is 11.0. The van der Waals surface area contributed by atoms with E-state index in [0.29, 0.717) is 5.56 Å². The summed E-state index contributed by atoms with van der Waals surface area (Å²) in [5.41, 5.74) is 6.00. The average Bonchev–Trinajstić information content (AvgIpc) is 2.78. The van der Waals surface area contributed by atoms with Gasteiger partial charge in [-0.05, 0) is 42.0 Å². The quantitative estimate of drug-likeness (QED) is 0.240. The minimum atomic E-state index is -0.349. The van der Waals surface area contributed by atoms with E-state index >= 15 is 0 Å². The lowest BCUT2D eigenvalue weighted by atomic mass is 9.99. The Labute approximate surface area is 175 Å². The molecule has 0 atom stereocenters. The van der Waals surface area contributed by atoms with Crippen molar-refractivity contribution in [2.24, 2.45) is 7.05 Å². The van der Waals surface area contributed by atoms with Gasteiger partial charge in [0, 0.05) is 22.8 Å². The number of nitro groups is 1. The van der Waals surface area contributed by atoms with Gasteiger partial charge >= 0.3 is 0 Å². The zero-order chi connectivity index (χ0) is 20.9. The highest BCUT2D eigenvalue weighted by molar-refractivity contribution is 5.81. The third kappa shape index (κ3) is 4.03. The molecule has 0 spiro atoms. The summed E-state index contributed by atoms with van der Waals surface area (Å²) in [6, 6.07) is 29.2. The Morgan fingerprint density at radius 1 is 0.733 bits per heavy atom. The van der Waals surface area contributed by atoms with E-state index in [0.717, 1.165) is 27.9 Å². The van der Waals surface area contributed by atoms with Gasteiger partial charge in [0.15, 0.2) is 6.20 Å². The molecule has 0 aliphatic rings. The number of pyridine rings is 1. The van der Waals surface area contributed by atoms with Crippen LogP contribution in [-0.4, -0.2) is 4.92 Å². The number of para-hydroxylation sites is 1. The van der Waals surface area contributed by atoms with Crippen molar-refractivity contribution in [2.75, 3.05) is 0 Å². The fourth-order valence-corrected chi connectivity index (χ4v) is 3.61. The van der Waals surface area contributed by atoms with Crippen LogP contribution < -0.4 is 4.57 Å². The van der Waals surface area contributed by atoms with E-state index in [1.54, 1.807) is 12.1 Å². The minimum absolute atomic E-state index is 0.0959. The molecule has 0 aliphatic heterocycles. The number of aromatic nitrogens is 1. The smallest absolute Gasteiger partial charge is 0.258 e. The highest BCUT2D eigenvalue weighted by atomic mass is 16.6. The molecular formula is C26H21N2O2+. The number of hydrogen-bond donors (Lipinski definition) is 0. The Morgan fingerprint density at radius 3 is 1.97 bits per heavy atom. The van der Waals surface area contributed by atoms with E-state index in [-0.39, 0.29) is 10.6 Å². The summed E-state index contributed by atoms with van der Waals surface area (Å²) in [5.74, 6) is 0. The van der Waals surface area contributed by atoms with Crippen molar-refractivity contribution in [1.29, 1.82) is 0 Å². The van der Waals surface area contributed by atoms with Gasteiger partial charge in [0.25, 0.3) is 5.69 Å². The van der Waals surface area contributed by atoms with Crippen LogP contribution in [0.4, 0.5) is 5.69 Å². The van der Waals surface area contributed by atoms with E-state index < -0.39 is 0 Å². The largest absolute Gasteiger partial charge is 0.276 e. The van der Waals surface area contributed by atoms with E-state index in [9.17, 15) is 10.1 Å². The Bertz CT molecular complexity index is 1220. The second kappa shape index (κ2) is 8.53. The number of nitro benzene ring substituents is 1. The molecule has 0 fully saturated rings. The molecule has 0 radical (unpaired) electrons. The molecule has 146 valence electrons. The molecule has 0 N–H and O–H groups in total. The third-order valence-electron chi connectivity index (χ3n) is 5.00. The van der Waals surface area contributed by atoms with Crippen LogP contribution in [0.3, 0.4) is 0 Å². The second-order valence-electron chi connectivity index (χ2n) is 7.02. The van der Waals surface area contributed by atoms with Crippen LogP contribution in [0, 0.1) is 10.1 Å². The monoisotopic (exact) mass is 393 g/mol. The van der Waals surface area contributed by atoms with Crippen molar-refractivity contribution in [3.63, 3.8) is 0 Å². The van der Waals surface area contributed by atoms with Crippen LogP contribution in [0.5, 0.6) is 0 Å². The van der Waals surface area contributed by atoms with Crippen LogP contribution in [0.1, 0.15) is 11.1 Å². The molecule has 4 nitrogen and oxygen atoms in total. The molecule has 4 heteroatoms. The van der Waals surface area contributed by atoms with Crippen LogP contribution in [0.25, 0.3) is 34.5 Å². The summed E-state index contributed by atoms with van der Waals surface area (Å²) in [6.45, 7) is 0. The minimum Gasteiger partial charge on any atom is -0.258 e. The van der Waals surface area contributed by atoms with Crippen molar-refractivity contribution in [3.05, 3.63) is 118 Å². The number of rotatable bonds is 5. The highest BCUT2D eigenvalue weighted by Gasteiger charge is 2.18. The van der Waals surface area contributed by atoms with Gasteiger partial charge in [-0.3, -0.25) is 10.1 Å². The maximum absolute atomic E-state index is 11.4. The summed E-state index contributed by atoms with van der Waals surface area (Å²) >= 11 is 0. The lowest BCUT2D eigenvalue weighted by Crippen LogP contribution is -2.31. The Kier molecular flexibility index (Phi) is 5.48. The van der Waals surface area contributed by atoms with Gasteiger partial charge in [-0.15, -0.1) is 0 Å². The van der Waals surface area contributed by atoms with Gasteiger partial charge in [-0.1, -0.05) is 60.7 Å². The molecule has 4 rings (SSSR count). The standard InChI is InChI=1S/C26H21N2O2/c1-27-19-24(20-10-4-2-5-11-20)18-23(26(27)22-13-6-3-7-14-22)17-16-21-12-8-9-15-25(21)28(29)30/h2-19H,1H3/q+1/b17-16+. The molecule has 1 heterocycles. The van der Waals surface area contributed by atoms with Crippen LogP contribution in [0.15, 0.2) is 97.2 Å². The topological polar surface area (TPSA) is 47.0 Å². The fourth-order valence-electron chi connectivity index (χ4n) is 3.61. The first kappa shape index (κ1) is 19.3. The molecule has 30 heavy (non-hydrogen) atoms. The van der Waals surface area contributed by atoms with Gasteiger partial charge in [-0.2, -0.15) is 4.57 Å². The predicted molar refractivity (Wildman–Crippen MR) is 121 cm³/mol. The van der Waals surface area contributed by atoms with Crippen molar-refractivity contribution < 1.29 is 9.49 Å². The molecule has 0 amide bonds. The first-order valence-electron chi connectivity index (χ1n) is 9.69. The van der Waals surface area contributed by atoms with Crippen LogP contribution in [-0.2, 0) is 7.05 Å². The van der Waals surface area contributed by atoms with Crippen LogP contribution in [0.2, 0.25) is 0 Å². The first-order chi connectivity index (χ1) is 14.6. The van der Waals surface area contributed by atoms with Crippen molar-refractivity contribution in [1.82, 2.24) is 0 Å². The Morgan fingerprint density at radius 2 is 1.30 bits per heavy atom. The summed E-state index contributed by atoms with van der Waals surface area (Å²) in [5, 5.41) is 11.4. The summed E-state index contributed by atoms with van der Waals surface area (Å²) < 4.78 is 2.11. The summed E-state index contributed by atoms with van der Waals surface area (Å²) in [6.07, 6.45) is 5.88. The molecule has 4 aromatic rings. The number of nitrogens with zero attached hydrogens (tertiary/aromatic N) is 2. The van der Waals surface area contributed by atoms with Gasteiger partial charge in [0.2, 0.25) is 5.69 Å². The molecule has 3 aromatic carbocycles. The van der Waals surface area contributed by atoms with Gasteiger partial charge in [-0.25, -0.2) is 0 Å². The maximum Gasteiger partial charge on any atom is 0.276 e. The maximum atomic E-state index is 11.4. The van der Waals surface area contributed by atoms with E-state index in [4.69, 9.17) is 0 Å². The predicted octanol–water partition coefficient (Wildman–Crippen LogP) is 5.92. The summed E-state index contributed by atoms with van der Waals surface area (Å²) in [7, 11) is 2.02. The van der Waals surface area contributed by atoms with Crippen molar-refractivity contribution >= 4 is 17.8 Å². The molecule has 0 unspecified atom stereocenters. The molecular weight excluding hydrogens is 372 g/mol. The van der Waals surface area contributed by atoms with Crippen molar-refractivity contribution in [3.8, 4) is 22.4 Å². The van der Waals surface area contributed by atoms with Crippen LogP contribution >= 0.6 is 0 Å². The first-order valence-corrected chi connectivity index (χ1v) is 9.69. The lowest BCUT2D eigenvalue weighted by Gasteiger charge is -2.08. The van der Waals surface area contributed by atoms with E-state index in [1.807, 2.05) is 61.7 Å². The lowest BCUT2D eigenvalue weighted by molar-refractivity contribution is -0.660. The molecule has 1 aromatic heterocycles. The highest BCUT2D eigenvalue weighted by Crippen LogP contribution is 2.28. The molecule has 0 saturated heterocycles. The number of hydrogen-bond acceptors (Lipinski definition) is 2. The third-order valence-corrected chi connectivity index (χ3v) is 5.00. The zero-order valence-electron chi connectivity index (χ0n) is 16.6. The molecule has 0 aliphatic carbocycles. The zero-order valence-corrected chi connectivity index (χ0v) is 16.6. The average molecular weight is 393 g/mol. The van der Waals surface area contributed by atoms with E-state index in [1.165, 1.54) is 6.07 Å². The molecule has 0 bridgehead atoms.